The van der Waals surface area contributed by atoms with E-state index in [2.05, 4.69) is 42.3 Å². The van der Waals surface area contributed by atoms with E-state index in [1.54, 1.807) is 0 Å². The molecule has 1 aromatic heterocycles. The van der Waals surface area contributed by atoms with Crippen molar-refractivity contribution in [1.82, 2.24) is 14.9 Å². The van der Waals surface area contributed by atoms with Crippen LogP contribution in [0.5, 0.6) is 0 Å². The van der Waals surface area contributed by atoms with Crippen LogP contribution in [0.4, 0.5) is 0 Å². The zero-order chi connectivity index (χ0) is 13.2. The maximum atomic E-state index is 5.68. The van der Waals surface area contributed by atoms with Crippen LogP contribution in [0.25, 0.3) is 11.0 Å². The van der Waals surface area contributed by atoms with E-state index in [0.29, 0.717) is 5.88 Å². The van der Waals surface area contributed by atoms with Crippen molar-refractivity contribution in [1.29, 1.82) is 0 Å². The topological polar surface area (TPSA) is 29.9 Å². The van der Waals surface area contributed by atoms with Crippen molar-refractivity contribution in [3.05, 3.63) is 30.1 Å². The molecule has 2 rings (SSSR count). The van der Waals surface area contributed by atoms with Gasteiger partial charge in [-0.25, -0.2) is 4.98 Å². The standard InChI is InChI=1S/C14H20ClN3/c1-14(2,9-16-7-6-15)11-4-5-13-12(8-11)17-10-18(13)3/h4-5,8,10,16H,6-7,9H2,1-3H3. The Labute approximate surface area is 113 Å². The third-order valence-electron chi connectivity index (χ3n) is 3.35. The maximum Gasteiger partial charge on any atom is 0.0955 e. The first-order valence-corrected chi connectivity index (χ1v) is 6.76. The minimum Gasteiger partial charge on any atom is -0.334 e. The number of halogens is 1. The van der Waals surface area contributed by atoms with Gasteiger partial charge in [-0.15, -0.1) is 11.6 Å². The highest BCUT2D eigenvalue weighted by molar-refractivity contribution is 6.18. The van der Waals surface area contributed by atoms with Crippen molar-refractivity contribution in [2.75, 3.05) is 19.0 Å². The fraction of sp³-hybridized carbons (Fsp3) is 0.500. The van der Waals surface area contributed by atoms with E-state index in [0.717, 1.165) is 18.6 Å². The van der Waals surface area contributed by atoms with Crippen LogP contribution in [0.2, 0.25) is 0 Å². The zero-order valence-corrected chi connectivity index (χ0v) is 12.0. The number of hydrogen-bond donors (Lipinski definition) is 1. The molecule has 0 atom stereocenters. The molecule has 2 aromatic rings. The summed E-state index contributed by atoms with van der Waals surface area (Å²) >= 11 is 5.68. The molecule has 0 spiro atoms. The van der Waals surface area contributed by atoms with Crippen molar-refractivity contribution >= 4 is 22.6 Å². The lowest BCUT2D eigenvalue weighted by atomic mass is 9.84. The predicted molar refractivity (Wildman–Crippen MR) is 77.3 cm³/mol. The number of nitrogens with zero attached hydrogens (tertiary/aromatic N) is 2. The molecular weight excluding hydrogens is 246 g/mol. The number of rotatable bonds is 5. The first-order chi connectivity index (χ1) is 8.54. The average molecular weight is 266 g/mol. The molecule has 18 heavy (non-hydrogen) atoms. The second-order valence-electron chi connectivity index (χ2n) is 5.31. The van der Waals surface area contributed by atoms with Crippen molar-refractivity contribution in [2.24, 2.45) is 7.05 Å². The molecule has 1 N–H and O–H groups in total. The van der Waals surface area contributed by atoms with Crippen LogP contribution < -0.4 is 5.32 Å². The minimum atomic E-state index is 0.0811. The number of aryl methyl sites for hydroxylation is 1. The molecule has 0 aliphatic rings. The Balaban J connectivity index is 2.23. The van der Waals surface area contributed by atoms with Crippen molar-refractivity contribution in [2.45, 2.75) is 19.3 Å². The highest BCUT2D eigenvalue weighted by Crippen LogP contribution is 2.25. The number of fused-ring (bicyclic) bond motifs is 1. The lowest BCUT2D eigenvalue weighted by Gasteiger charge is -2.25. The van der Waals surface area contributed by atoms with Gasteiger partial charge in [-0.05, 0) is 17.7 Å². The summed E-state index contributed by atoms with van der Waals surface area (Å²) in [5.74, 6) is 0.648. The summed E-state index contributed by atoms with van der Waals surface area (Å²) < 4.78 is 2.04. The van der Waals surface area contributed by atoms with Crippen molar-refractivity contribution in [3.8, 4) is 0 Å². The number of hydrogen-bond acceptors (Lipinski definition) is 2. The summed E-state index contributed by atoms with van der Waals surface area (Å²) in [5, 5.41) is 3.37. The van der Waals surface area contributed by atoms with E-state index < -0.39 is 0 Å². The van der Waals surface area contributed by atoms with E-state index in [1.807, 2.05) is 17.9 Å². The van der Waals surface area contributed by atoms with Crippen LogP contribution in [0.15, 0.2) is 24.5 Å². The van der Waals surface area contributed by atoms with Crippen LogP contribution in [0.3, 0.4) is 0 Å². The molecule has 0 saturated heterocycles. The number of imidazole rings is 1. The van der Waals surface area contributed by atoms with Gasteiger partial charge in [-0.3, -0.25) is 0 Å². The SMILES string of the molecule is Cn1cnc2cc(C(C)(C)CNCCCl)ccc21. The lowest BCUT2D eigenvalue weighted by molar-refractivity contribution is 0.479. The molecule has 98 valence electrons. The molecule has 3 nitrogen and oxygen atoms in total. The first kappa shape index (κ1) is 13.4. The second-order valence-corrected chi connectivity index (χ2v) is 5.69. The lowest BCUT2D eigenvalue weighted by Crippen LogP contribution is -2.33. The van der Waals surface area contributed by atoms with Gasteiger partial charge in [-0.2, -0.15) is 0 Å². The van der Waals surface area contributed by atoms with E-state index in [4.69, 9.17) is 11.6 Å². The Morgan fingerprint density at radius 3 is 2.89 bits per heavy atom. The molecule has 0 bridgehead atoms. The van der Waals surface area contributed by atoms with E-state index in [1.165, 1.54) is 11.1 Å². The van der Waals surface area contributed by atoms with Crippen LogP contribution >= 0.6 is 11.6 Å². The zero-order valence-electron chi connectivity index (χ0n) is 11.2. The molecule has 0 fully saturated rings. The Bertz CT molecular complexity index is 531. The van der Waals surface area contributed by atoms with Gasteiger partial charge in [0.2, 0.25) is 0 Å². The van der Waals surface area contributed by atoms with Gasteiger partial charge >= 0.3 is 0 Å². The summed E-state index contributed by atoms with van der Waals surface area (Å²) in [7, 11) is 2.02. The highest BCUT2D eigenvalue weighted by atomic mass is 35.5. The third-order valence-corrected chi connectivity index (χ3v) is 3.53. The summed E-state index contributed by atoms with van der Waals surface area (Å²) in [5.41, 5.74) is 3.61. The normalized spacial score (nSPS) is 12.2. The van der Waals surface area contributed by atoms with E-state index >= 15 is 0 Å². The monoisotopic (exact) mass is 265 g/mol. The Morgan fingerprint density at radius 1 is 1.39 bits per heavy atom. The minimum absolute atomic E-state index is 0.0811. The summed E-state index contributed by atoms with van der Waals surface area (Å²) in [6.07, 6.45) is 1.85. The van der Waals surface area contributed by atoms with Gasteiger partial charge in [0.25, 0.3) is 0 Å². The smallest absolute Gasteiger partial charge is 0.0955 e. The first-order valence-electron chi connectivity index (χ1n) is 6.23. The molecular formula is C14H20ClN3. The van der Waals surface area contributed by atoms with Gasteiger partial charge in [0, 0.05) is 31.4 Å². The summed E-state index contributed by atoms with van der Waals surface area (Å²) in [6.45, 7) is 6.23. The number of nitrogens with one attached hydrogen (secondary N) is 1. The second kappa shape index (κ2) is 5.29. The molecule has 4 heteroatoms. The predicted octanol–water partition coefficient (Wildman–Crippen LogP) is 2.68. The molecule has 0 unspecified atom stereocenters. The van der Waals surface area contributed by atoms with Gasteiger partial charge in [-0.1, -0.05) is 19.9 Å². The van der Waals surface area contributed by atoms with E-state index in [-0.39, 0.29) is 5.41 Å². The number of benzene rings is 1. The van der Waals surface area contributed by atoms with Crippen LogP contribution in [0.1, 0.15) is 19.4 Å². The number of aromatic nitrogens is 2. The Hall–Kier alpha value is -1.06. The van der Waals surface area contributed by atoms with Gasteiger partial charge < -0.3 is 9.88 Å². The van der Waals surface area contributed by atoms with Crippen molar-refractivity contribution in [3.63, 3.8) is 0 Å². The van der Waals surface area contributed by atoms with Gasteiger partial charge in [0.15, 0.2) is 0 Å². The number of alkyl halides is 1. The summed E-state index contributed by atoms with van der Waals surface area (Å²) in [4.78, 5) is 4.41. The average Bonchev–Trinajstić information content (AvgIpc) is 2.71. The fourth-order valence-electron chi connectivity index (χ4n) is 2.13. The quantitative estimate of drug-likeness (QED) is 0.665. The van der Waals surface area contributed by atoms with Crippen molar-refractivity contribution < 1.29 is 0 Å². The molecule has 0 radical (unpaired) electrons. The molecule has 0 aliphatic heterocycles. The molecule has 0 aliphatic carbocycles. The van der Waals surface area contributed by atoms with Gasteiger partial charge in [0.1, 0.15) is 0 Å². The molecule has 0 amide bonds. The van der Waals surface area contributed by atoms with Crippen LogP contribution in [-0.2, 0) is 12.5 Å². The largest absolute Gasteiger partial charge is 0.334 e. The fourth-order valence-corrected chi connectivity index (χ4v) is 2.26. The van der Waals surface area contributed by atoms with Gasteiger partial charge in [0.05, 0.1) is 17.4 Å². The Morgan fingerprint density at radius 2 is 2.17 bits per heavy atom. The van der Waals surface area contributed by atoms with Crippen LogP contribution in [-0.4, -0.2) is 28.5 Å². The maximum absolute atomic E-state index is 5.68. The Kier molecular flexibility index (Phi) is 3.93. The highest BCUT2D eigenvalue weighted by Gasteiger charge is 2.20. The van der Waals surface area contributed by atoms with E-state index in [9.17, 15) is 0 Å². The summed E-state index contributed by atoms with van der Waals surface area (Å²) in [6, 6.07) is 6.51. The molecule has 0 saturated carbocycles. The molecule has 1 aromatic carbocycles. The third kappa shape index (κ3) is 2.68. The van der Waals surface area contributed by atoms with Crippen LogP contribution in [0, 0.1) is 0 Å². The molecule has 1 heterocycles.